The molecule has 0 spiro atoms. The number of ketones is 1. The average molecular weight is 373 g/mol. The van der Waals surface area contributed by atoms with Crippen molar-refractivity contribution < 1.29 is 4.79 Å². The zero-order valence-electron chi connectivity index (χ0n) is 16.2. The van der Waals surface area contributed by atoms with Gasteiger partial charge in [0.25, 0.3) is 0 Å². The second-order valence-electron chi connectivity index (χ2n) is 8.13. The first-order valence-corrected chi connectivity index (χ1v) is 9.86. The molecule has 1 fully saturated rings. The summed E-state index contributed by atoms with van der Waals surface area (Å²) in [6.45, 7) is 2.10. The highest BCUT2D eigenvalue weighted by Crippen LogP contribution is 2.39. The van der Waals surface area contributed by atoms with E-state index in [2.05, 4.69) is 21.9 Å². The van der Waals surface area contributed by atoms with Crippen molar-refractivity contribution in [2.45, 2.75) is 39.0 Å². The van der Waals surface area contributed by atoms with Crippen LogP contribution in [-0.4, -0.2) is 30.3 Å². The van der Waals surface area contributed by atoms with Crippen molar-refractivity contribution >= 4 is 28.0 Å². The summed E-state index contributed by atoms with van der Waals surface area (Å²) in [5.74, 6) is 0.185. The van der Waals surface area contributed by atoms with E-state index >= 15 is 0 Å². The zero-order valence-corrected chi connectivity index (χ0v) is 16.2. The lowest BCUT2D eigenvalue weighted by atomic mass is 9.71. The van der Waals surface area contributed by atoms with Gasteiger partial charge in [-0.2, -0.15) is 0 Å². The van der Waals surface area contributed by atoms with E-state index in [1.165, 1.54) is 6.42 Å². The summed E-state index contributed by atoms with van der Waals surface area (Å²) < 4.78 is 1.99. The second-order valence-corrected chi connectivity index (χ2v) is 8.13. The van der Waals surface area contributed by atoms with Gasteiger partial charge in [-0.05, 0) is 25.0 Å². The third-order valence-electron chi connectivity index (χ3n) is 6.14. The number of nitrogens with one attached hydrogen (secondary N) is 1. The quantitative estimate of drug-likeness (QED) is 0.530. The van der Waals surface area contributed by atoms with E-state index in [4.69, 9.17) is 4.98 Å². The highest BCUT2D eigenvalue weighted by Gasteiger charge is 2.36. The third-order valence-corrected chi connectivity index (χ3v) is 6.14. The molecule has 0 bridgehead atoms. The Hall–Kier alpha value is -3.02. The van der Waals surface area contributed by atoms with E-state index in [-0.39, 0.29) is 11.2 Å². The summed E-state index contributed by atoms with van der Waals surface area (Å²) in [5, 5.41) is 1.03. The van der Waals surface area contributed by atoms with Crippen LogP contribution in [-0.2, 0) is 7.05 Å². The van der Waals surface area contributed by atoms with Crippen LogP contribution in [0.25, 0.3) is 33.5 Å². The Kier molecular flexibility index (Phi) is 3.82. The molecule has 4 aromatic heterocycles. The first kappa shape index (κ1) is 17.1. The Balaban J connectivity index is 1.63. The molecule has 4 heterocycles. The molecule has 1 aliphatic carbocycles. The SMILES string of the molecule is Cn1cc(-c2cnc3[nH]cc(C(=O)C4(C)CCCCC4)c3n2)c2cccnc21. The van der Waals surface area contributed by atoms with Gasteiger partial charge in [-0.25, -0.2) is 15.0 Å². The Labute approximate surface area is 163 Å². The molecule has 1 N–H and O–H groups in total. The zero-order chi connectivity index (χ0) is 19.3. The van der Waals surface area contributed by atoms with Gasteiger partial charge in [0.1, 0.15) is 11.2 Å². The molecule has 4 aromatic rings. The van der Waals surface area contributed by atoms with Gasteiger partial charge in [-0.3, -0.25) is 4.79 Å². The average Bonchev–Trinajstić information content (AvgIpc) is 3.29. The Bertz CT molecular complexity index is 1200. The van der Waals surface area contributed by atoms with E-state index in [1.807, 2.05) is 29.9 Å². The molecule has 6 nitrogen and oxygen atoms in total. The second kappa shape index (κ2) is 6.26. The summed E-state index contributed by atoms with van der Waals surface area (Å²) in [5.41, 5.74) is 4.32. The van der Waals surface area contributed by atoms with Crippen LogP contribution in [0.3, 0.4) is 0 Å². The van der Waals surface area contributed by atoms with Crippen molar-refractivity contribution in [2.24, 2.45) is 12.5 Å². The van der Waals surface area contributed by atoms with Crippen molar-refractivity contribution in [1.82, 2.24) is 24.5 Å². The monoisotopic (exact) mass is 373 g/mol. The molecular weight excluding hydrogens is 350 g/mol. The molecule has 0 unspecified atom stereocenters. The van der Waals surface area contributed by atoms with Crippen LogP contribution in [0.1, 0.15) is 49.4 Å². The molecule has 142 valence electrons. The summed E-state index contributed by atoms with van der Waals surface area (Å²) >= 11 is 0. The standard InChI is InChI=1S/C22H23N5O/c1-22(8-4-3-5-9-22)19(28)15-11-24-20-18(15)26-17(12-25-20)16-13-27(2)21-14(16)7-6-10-23-21/h6-7,10-13H,3-5,8-9H2,1-2H3,(H,24,25). The number of hydrogen-bond acceptors (Lipinski definition) is 4. The van der Waals surface area contributed by atoms with Crippen molar-refractivity contribution in [3.05, 3.63) is 42.5 Å². The summed E-state index contributed by atoms with van der Waals surface area (Å²) in [7, 11) is 1.97. The van der Waals surface area contributed by atoms with E-state index in [9.17, 15) is 4.79 Å². The molecule has 1 aliphatic rings. The smallest absolute Gasteiger partial charge is 0.172 e. The molecule has 28 heavy (non-hydrogen) atoms. The molecule has 0 aliphatic heterocycles. The van der Waals surface area contributed by atoms with Crippen molar-refractivity contribution in [3.8, 4) is 11.3 Å². The normalized spacial score (nSPS) is 16.6. The topological polar surface area (TPSA) is 76.5 Å². The molecule has 0 atom stereocenters. The lowest BCUT2D eigenvalue weighted by Crippen LogP contribution is -2.30. The number of pyridine rings is 1. The lowest BCUT2D eigenvalue weighted by Gasteiger charge is -2.31. The van der Waals surface area contributed by atoms with Gasteiger partial charge in [0.2, 0.25) is 0 Å². The van der Waals surface area contributed by atoms with Crippen molar-refractivity contribution in [1.29, 1.82) is 0 Å². The number of rotatable bonds is 3. The van der Waals surface area contributed by atoms with Crippen molar-refractivity contribution in [3.63, 3.8) is 0 Å². The summed E-state index contributed by atoms with van der Waals surface area (Å²) in [4.78, 5) is 30.3. The number of nitrogens with zero attached hydrogens (tertiary/aromatic N) is 4. The fourth-order valence-electron chi connectivity index (χ4n) is 4.50. The van der Waals surface area contributed by atoms with Gasteiger partial charge in [0.05, 0.1) is 17.5 Å². The van der Waals surface area contributed by atoms with E-state index in [0.717, 1.165) is 48.0 Å². The number of Topliss-reactive ketones (excluding diaryl/α,β-unsaturated/α-hetero) is 1. The molecular formula is C22H23N5O. The number of aromatic amines is 1. The largest absolute Gasteiger partial charge is 0.344 e. The van der Waals surface area contributed by atoms with E-state index in [1.54, 1.807) is 18.6 Å². The maximum absolute atomic E-state index is 13.4. The van der Waals surface area contributed by atoms with Crippen LogP contribution in [0, 0.1) is 5.41 Å². The minimum absolute atomic E-state index is 0.185. The van der Waals surface area contributed by atoms with Gasteiger partial charge in [0.15, 0.2) is 11.4 Å². The molecule has 0 amide bonds. The fourth-order valence-corrected chi connectivity index (χ4v) is 4.50. The Morgan fingerprint density at radius 2 is 2.04 bits per heavy atom. The number of aromatic nitrogens is 5. The highest BCUT2D eigenvalue weighted by molar-refractivity contribution is 6.09. The van der Waals surface area contributed by atoms with E-state index in [0.29, 0.717) is 16.7 Å². The minimum atomic E-state index is -0.297. The Morgan fingerprint density at radius 1 is 1.21 bits per heavy atom. The number of fused-ring (bicyclic) bond motifs is 2. The van der Waals surface area contributed by atoms with Crippen molar-refractivity contribution in [2.75, 3.05) is 0 Å². The van der Waals surface area contributed by atoms with Gasteiger partial charge < -0.3 is 9.55 Å². The maximum atomic E-state index is 13.4. The number of carbonyl (C=O) groups excluding carboxylic acids is 1. The molecule has 0 aromatic carbocycles. The maximum Gasteiger partial charge on any atom is 0.172 e. The predicted octanol–water partition coefficient (Wildman–Crippen LogP) is 4.66. The molecule has 6 heteroatoms. The predicted molar refractivity (Wildman–Crippen MR) is 109 cm³/mol. The van der Waals surface area contributed by atoms with Crippen LogP contribution < -0.4 is 0 Å². The van der Waals surface area contributed by atoms with Crippen LogP contribution in [0.2, 0.25) is 0 Å². The summed E-state index contributed by atoms with van der Waals surface area (Å²) in [6, 6.07) is 3.96. The minimum Gasteiger partial charge on any atom is -0.344 e. The van der Waals surface area contributed by atoms with Gasteiger partial charge in [-0.1, -0.05) is 26.2 Å². The molecule has 0 saturated heterocycles. The van der Waals surface area contributed by atoms with Gasteiger partial charge in [0, 0.05) is 42.0 Å². The van der Waals surface area contributed by atoms with Crippen LogP contribution in [0.5, 0.6) is 0 Å². The van der Waals surface area contributed by atoms with Crippen LogP contribution in [0.15, 0.2) is 36.9 Å². The van der Waals surface area contributed by atoms with Crippen LogP contribution >= 0.6 is 0 Å². The van der Waals surface area contributed by atoms with Gasteiger partial charge in [-0.15, -0.1) is 0 Å². The van der Waals surface area contributed by atoms with Gasteiger partial charge >= 0.3 is 0 Å². The molecule has 5 rings (SSSR count). The van der Waals surface area contributed by atoms with E-state index < -0.39 is 0 Å². The van der Waals surface area contributed by atoms with Crippen LogP contribution in [0.4, 0.5) is 0 Å². The number of H-pyrrole nitrogens is 1. The molecule has 1 saturated carbocycles. The molecule has 0 radical (unpaired) electrons. The first-order chi connectivity index (χ1) is 13.6. The first-order valence-electron chi connectivity index (χ1n) is 9.86. The lowest BCUT2D eigenvalue weighted by molar-refractivity contribution is 0.0751. The summed E-state index contributed by atoms with van der Waals surface area (Å²) in [6.07, 6.45) is 12.7. The number of aryl methyl sites for hydroxylation is 1. The third kappa shape index (κ3) is 2.55. The highest BCUT2D eigenvalue weighted by atomic mass is 16.1. The fraction of sp³-hybridized carbons (Fsp3) is 0.364. The number of hydrogen-bond donors (Lipinski definition) is 1. The number of carbonyl (C=O) groups is 1. The Morgan fingerprint density at radius 3 is 2.86 bits per heavy atom.